The molecular formula is C24H29N3O2S2. The molecule has 0 fully saturated rings. The number of hydrogen-bond donors (Lipinski definition) is 0. The highest BCUT2D eigenvalue weighted by atomic mass is 32.2. The lowest BCUT2D eigenvalue weighted by Gasteiger charge is -2.18. The first-order valence-corrected chi connectivity index (χ1v) is 12.8. The quantitative estimate of drug-likeness (QED) is 0.366. The topological polar surface area (TPSA) is 55.2 Å². The Labute approximate surface area is 191 Å². The van der Waals surface area contributed by atoms with E-state index in [4.69, 9.17) is 4.98 Å². The van der Waals surface area contributed by atoms with Crippen LogP contribution in [0.4, 0.5) is 5.69 Å². The van der Waals surface area contributed by atoms with Crippen molar-refractivity contribution >= 4 is 44.9 Å². The Balaban J connectivity index is 1.64. The molecule has 7 heteroatoms. The number of hydrogen-bond acceptors (Lipinski definition) is 5. The SMILES string of the molecule is CC(C)CCn1c(SCC(=O)N(C)c2ccccc2)nc2sc3c(c2c1=O)CCCC3. The third-order valence-corrected chi connectivity index (χ3v) is 7.96. The van der Waals surface area contributed by atoms with E-state index in [1.165, 1.54) is 28.6 Å². The standard InChI is InChI=1S/C24H29N3O2S2/c1-16(2)13-14-27-23(29)21-18-11-7-8-12-19(18)31-22(21)25-24(27)30-15-20(28)26(3)17-9-5-4-6-10-17/h4-6,9-10,16H,7-8,11-15H2,1-3H3. The summed E-state index contributed by atoms with van der Waals surface area (Å²) in [7, 11) is 1.79. The summed E-state index contributed by atoms with van der Waals surface area (Å²) >= 11 is 3.04. The van der Waals surface area contributed by atoms with Crippen molar-refractivity contribution in [1.82, 2.24) is 9.55 Å². The average molecular weight is 456 g/mol. The summed E-state index contributed by atoms with van der Waals surface area (Å²) in [5, 5.41) is 1.48. The molecule has 0 radical (unpaired) electrons. The highest BCUT2D eigenvalue weighted by Crippen LogP contribution is 2.34. The van der Waals surface area contributed by atoms with Crippen molar-refractivity contribution in [2.24, 2.45) is 5.92 Å². The van der Waals surface area contributed by atoms with E-state index in [0.717, 1.165) is 41.6 Å². The first-order valence-electron chi connectivity index (χ1n) is 10.9. The fourth-order valence-electron chi connectivity index (χ4n) is 3.93. The van der Waals surface area contributed by atoms with Gasteiger partial charge in [0.2, 0.25) is 5.91 Å². The molecule has 1 aliphatic rings. The summed E-state index contributed by atoms with van der Waals surface area (Å²) in [4.78, 5) is 35.0. The number of amides is 1. The van der Waals surface area contributed by atoms with Gasteiger partial charge in [-0.15, -0.1) is 11.3 Å². The summed E-state index contributed by atoms with van der Waals surface area (Å²) in [6.07, 6.45) is 5.25. The van der Waals surface area contributed by atoms with E-state index >= 15 is 0 Å². The number of aromatic nitrogens is 2. The molecule has 0 saturated carbocycles. The lowest BCUT2D eigenvalue weighted by atomic mass is 9.97. The Morgan fingerprint density at radius 3 is 2.71 bits per heavy atom. The van der Waals surface area contributed by atoms with Gasteiger partial charge in [0, 0.05) is 24.2 Å². The van der Waals surface area contributed by atoms with Crippen LogP contribution in [0.15, 0.2) is 40.3 Å². The van der Waals surface area contributed by atoms with Crippen LogP contribution >= 0.6 is 23.1 Å². The highest BCUT2D eigenvalue weighted by Gasteiger charge is 2.23. The summed E-state index contributed by atoms with van der Waals surface area (Å²) in [6.45, 7) is 4.96. The van der Waals surface area contributed by atoms with Crippen LogP contribution in [-0.2, 0) is 24.2 Å². The van der Waals surface area contributed by atoms with Crippen LogP contribution in [-0.4, -0.2) is 28.3 Å². The van der Waals surface area contributed by atoms with E-state index in [2.05, 4.69) is 13.8 Å². The summed E-state index contributed by atoms with van der Waals surface area (Å²) < 4.78 is 1.81. The van der Waals surface area contributed by atoms with Crippen molar-refractivity contribution in [1.29, 1.82) is 0 Å². The van der Waals surface area contributed by atoms with Crippen molar-refractivity contribution in [3.05, 3.63) is 51.1 Å². The largest absolute Gasteiger partial charge is 0.315 e. The Morgan fingerprint density at radius 1 is 1.23 bits per heavy atom. The lowest BCUT2D eigenvalue weighted by Crippen LogP contribution is -2.29. The smallest absolute Gasteiger partial charge is 0.263 e. The molecule has 5 nitrogen and oxygen atoms in total. The van der Waals surface area contributed by atoms with Gasteiger partial charge in [0.1, 0.15) is 4.83 Å². The van der Waals surface area contributed by atoms with Crippen molar-refractivity contribution < 1.29 is 4.79 Å². The fraction of sp³-hybridized carbons (Fsp3) is 0.458. The second kappa shape index (κ2) is 9.57. The Bertz CT molecular complexity index is 1140. The van der Waals surface area contributed by atoms with Gasteiger partial charge in [0.05, 0.1) is 11.1 Å². The molecule has 0 bridgehead atoms. The van der Waals surface area contributed by atoms with E-state index in [1.54, 1.807) is 23.3 Å². The predicted octanol–water partition coefficient (Wildman–Crippen LogP) is 5.14. The maximum absolute atomic E-state index is 13.5. The summed E-state index contributed by atoms with van der Waals surface area (Å²) in [5.74, 6) is 0.727. The van der Waals surface area contributed by atoms with Crippen LogP contribution in [0.5, 0.6) is 0 Å². The van der Waals surface area contributed by atoms with Crippen molar-refractivity contribution in [2.45, 2.75) is 57.7 Å². The molecule has 31 heavy (non-hydrogen) atoms. The number of fused-ring (bicyclic) bond motifs is 3. The molecule has 0 aliphatic heterocycles. The summed E-state index contributed by atoms with van der Waals surface area (Å²) in [6, 6.07) is 9.61. The van der Waals surface area contributed by atoms with Crippen molar-refractivity contribution in [3.8, 4) is 0 Å². The van der Waals surface area contributed by atoms with E-state index < -0.39 is 0 Å². The molecule has 1 aliphatic carbocycles. The van der Waals surface area contributed by atoms with Gasteiger partial charge in [0.25, 0.3) is 5.56 Å². The van der Waals surface area contributed by atoms with E-state index in [1.807, 2.05) is 34.9 Å². The first-order chi connectivity index (χ1) is 15.0. The van der Waals surface area contributed by atoms with Gasteiger partial charge < -0.3 is 4.90 Å². The minimum Gasteiger partial charge on any atom is -0.315 e. The number of carbonyl (C=O) groups excluding carboxylic acids is 1. The van der Waals surface area contributed by atoms with Crippen LogP contribution in [0, 0.1) is 5.92 Å². The molecule has 164 valence electrons. The van der Waals surface area contributed by atoms with E-state index in [0.29, 0.717) is 17.6 Å². The molecule has 0 N–H and O–H groups in total. The normalized spacial score (nSPS) is 13.5. The van der Waals surface area contributed by atoms with Crippen LogP contribution < -0.4 is 10.5 Å². The van der Waals surface area contributed by atoms with E-state index in [-0.39, 0.29) is 17.2 Å². The minimum absolute atomic E-state index is 0.00794. The number of anilines is 1. The zero-order valence-corrected chi connectivity index (χ0v) is 20.0. The number of thioether (sulfide) groups is 1. The second-order valence-corrected chi connectivity index (χ2v) is 10.5. The van der Waals surface area contributed by atoms with Gasteiger partial charge in [-0.25, -0.2) is 4.98 Å². The third-order valence-electron chi connectivity index (χ3n) is 5.81. The molecule has 2 aromatic heterocycles. The average Bonchev–Trinajstić information content (AvgIpc) is 3.15. The molecule has 3 aromatic rings. The molecule has 0 atom stereocenters. The number of rotatable bonds is 7. The molecule has 1 aromatic carbocycles. The second-order valence-electron chi connectivity index (χ2n) is 8.50. The van der Waals surface area contributed by atoms with E-state index in [9.17, 15) is 9.59 Å². The van der Waals surface area contributed by atoms with Gasteiger partial charge in [-0.3, -0.25) is 14.2 Å². The summed E-state index contributed by atoms with van der Waals surface area (Å²) in [5.41, 5.74) is 2.15. The monoisotopic (exact) mass is 455 g/mol. The number of aryl methyl sites for hydroxylation is 2. The van der Waals surface area contributed by atoms with Gasteiger partial charge >= 0.3 is 0 Å². The number of carbonyl (C=O) groups is 1. The van der Waals surface area contributed by atoms with Gasteiger partial charge in [-0.1, -0.05) is 43.8 Å². The molecule has 0 saturated heterocycles. The number of para-hydroxylation sites is 1. The maximum atomic E-state index is 13.5. The number of benzene rings is 1. The molecule has 4 rings (SSSR count). The van der Waals surface area contributed by atoms with Crippen LogP contribution in [0.25, 0.3) is 10.2 Å². The highest BCUT2D eigenvalue weighted by molar-refractivity contribution is 7.99. The first kappa shape index (κ1) is 22.1. The maximum Gasteiger partial charge on any atom is 0.263 e. The zero-order chi connectivity index (χ0) is 22.0. The predicted molar refractivity (Wildman–Crippen MR) is 131 cm³/mol. The molecule has 2 heterocycles. The van der Waals surface area contributed by atoms with Crippen molar-refractivity contribution in [2.75, 3.05) is 17.7 Å². The van der Waals surface area contributed by atoms with Gasteiger partial charge in [-0.05, 0) is 55.7 Å². The zero-order valence-electron chi connectivity index (χ0n) is 18.4. The Morgan fingerprint density at radius 2 is 1.97 bits per heavy atom. The third kappa shape index (κ3) is 4.72. The van der Waals surface area contributed by atoms with Crippen LogP contribution in [0.3, 0.4) is 0 Å². The van der Waals surface area contributed by atoms with Gasteiger partial charge in [-0.2, -0.15) is 0 Å². The number of nitrogens with zero attached hydrogens (tertiary/aromatic N) is 3. The number of thiophene rings is 1. The van der Waals surface area contributed by atoms with Crippen LogP contribution in [0.2, 0.25) is 0 Å². The Hall–Kier alpha value is -2.12. The molecule has 1 amide bonds. The van der Waals surface area contributed by atoms with Crippen molar-refractivity contribution in [3.63, 3.8) is 0 Å². The van der Waals surface area contributed by atoms with Gasteiger partial charge in [0.15, 0.2) is 5.16 Å². The Kier molecular flexibility index (Phi) is 6.82. The molecular weight excluding hydrogens is 426 g/mol. The fourth-order valence-corrected chi connectivity index (χ4v) is 6.17. The lowest BCUT2D eigenvalue weighted by molar-refractivity contribution is -0.115. The minimum atomic E-state index is -0.00794. The molecule has 0 unspecified atom stereocenters. The molecule has 0 spiro atoms. The van der Waals surface area contributed by atoms with Crippen LogP contribution in [0.1, 0.15) is 43.6 Å².